The molecular formula is C13H20N6. The van der Waals surface area contributed by atoms with Crippen molar-refractivity contribution in [3.63, 3.8) is 0 Å². The third kappa shape index (κ3) is 2.34. The van der Waals surface area contributed by atoms with Gasteiger partial charge in [0.05, 0.1) is 6.33 Å². The van der Waals surface area contributed by atoms with Gasteiger partial charge in [0.15, 0.2) is 11.5 Å². The Morgan fingerprint density at radius 1 is 1.42 bits per heavy atom. The first kappa shape index (κ1) is 12.2. The van der Waals surface area contributed by atoms with E-state index in [1.807, 2.05) is 0 Å². The van der Waals surface area contributed by atoms with Crippen molar-refractivity contribution < 1.29 is 0 Å². The number of aromatic amines is 1. The number of nitrogens with zero attached hydrogens (tertiary/aromatic N) is 3. The molecule has 2 aromatic rings. The molecule has 0 aliphatic heterocycles. The number of nitrogens with one attached hydrogen (secondary N) is 3. The lowest BCUT2D eigenvalue weighted by Crippen LogP contribution is -2.12. The fourth-order valence-corrected chi connectivity index (χ4v) is 2.13. The molecule has 6 nitrogen and oxygen atoms in total. The van der Waals surface area contributed by atoms with Gasteiger partial charge in [-0.05, 0) is 18.3 Å². The lowest BCUT2D eigenvalue weighted by Gasteiger charge is -2.10. The van der Waals surface area contributed by atoms with E-state index in [4.69, 9.17) is 0 Å². The first-order valence-electron chi connectivity index (χ1n) is 6.81. The maximum absolute atomic E-state index is 4.55. The van der Waals surface area contributed by atoms with Gasteiger partial charge in [0.1, 0.15) is 5.52 Å². The zero-order valence-corrected chi connectivity index (χ0v) is 11.6. The molecule has 1 fully saturated rings. The van der Waals surface area contributed by atoms with Crippen molar-refractivity contribution in [1.82, 2.24) is 19.9 Å². The minimum absolute atomic E-state index is 0.355. The van der Waals surface area contributed by atoms with Gasteiger partial charge in [-0.25, -0.2) is 4.98 Å². The Hall–Kier alpha value is -1.85. The van der Waals surface area contributed by atoms with Crippen molar-refractivity contribution in [3.8, 4) is 0 Å². The van der Waals surface area contributed by atoms with Crippen molar-refractivity contribution in [2.75, 3.05) is 17.2 Å². The highest BCUT2D eigenvalue weighted by molar-refractivity contribution is 5.84. The second kappa shape index (κ2) is 4.36. The standard InChI is InChI=1S/C13H20N6/c1-4-5-14-12-18-10-9(15-7-16-10)11(19-12)17-8-6-13(8,2)3/h7-8H,4-6H2,1-3H3,(H3,14,15,16,17,18,19). The Labute approximate surface area is 112 Å². The minimum Gasteiger partial charge on any atom is -0.365 e. The number of H-pyrrole nitrogens is 1. The number of hydrogen-bond acceptors (Lipinski definition) is 5. The molecule has 1 aliphatic rings. The summed E-state index contributed by atoms with van der Waals surface area (Å²) in [7, 11) is 0. The van der Waals surface area contributed by atoms with Crippen molar-refractivity contribution in [1.29, 1.82) is 0 Å². The summed E-state index contributed by atoms with van der Waals surface area (Å²) in [6.45, 7) is 7.49. The lowest BCUT2D eigenvalue weighted by atomic mass is 10.2. The molecule has 1 aliphatic carbocycles. The Morgan fingerprint density at radius 3 is 2.89 bits per heavy atom. The van der Waals surface area contributed by atoms with E-state index in [1.54, 1.807) is 6.33 Å². The maximum Gasteiger partial charge on any atom is 0.226 e. The summed E-state index contributed by atoms with van der Waals surface area (Å²) in [4.78, 5) is 16.3. The van der Waals surface area contributed by atoms with Gasteiger partial charge in [0, 0.05) is 12.6 Å². The molecule has 0 spiro atoms. The van der Waals surface area contributed by atoms with E-state index < -0.39 is 0 Å². The molecule has 1 saturated carbocycles. The molecule has 2 heterocycles. The topological polar surface area (TPSA) is 78.5 Å². The first-order valence-corrected chi connectivity index (χ1v) is 6.81. The van der Waals surface area contributed by atoms with Gasteiger partial charge >= 0.3 is 0 Å². The molecule has 0 radical (unpaired) electrons. The molecule has 0 amide bonds. The van der Waals surface area contributed by atoms with E-state index in [9.17, 15) is 0 Å². The lowest BCUT2D eigenvalue weighted by molar-refractivity contribution is 0.630. The van der Waals surface area contributed by atoms with Crippen molar-refractivity contribution >= 4 is 22.9 Å². The van der Waals surface area contributed by atoms with Gasteiger partial charge in [-0.2, -0.15) is 9.97 Å². The second-order valence-electron chi connectivity index (χ2n) is 5.81. The van der Waals surface area contributed by atoms with Gasteiger partial charge in [0.2, 0.25) is 5.95 Å². The zero-order valence-electron chi connectivity index (χ0n) is 11.6. The van der Waals surface area contributed by atoms with Gasteiger partial charge in [0.25, 0.3) is 0 Å². The largest absolute Gasteiger partial charge is 0.365 e. The van der Waals surface area contributed by atoms with Crippen LogP contribution in [-0.2, 0) is 0 Å². The molecule has 2 aromatic heterocycles. The van der Waals surface area contributed by atoms with E-state index in [0.29, 0.717) is 23.1 Å². The number of imidazole rings is 1. The van der Waals surface area contributed by atoms with Crippen LogP contribution in [0.2, 0.25) is 0 Å². The van der Waals surface area contributed by atoms with Gasteiger partial charge in [-0.1, -0.05) is 20.8 Å². The fourth-order valence-electron chi connectivity index (χ4n) is 2.13. The summed E-state index contributed by atoms with van der Waals surface area (Å²) in [6, 6.07) is 0.480. The smallest absolute Gasteiger partial charge is 0.226 e. The number of fused-ring (bicyclic) bond motifs is 1. The molecule has 0 saturated heterocycles. The minimum atomic E-state index is 0.355. The normalized spacial score (nSPS) is 20.5. The fraction of sp³-hybridized carbons (Fsp3) is 0.615. The summed E-state index contributed by atoms with van der Waals surface area (Å²) in [5.74, 6) is 1.49. The summed E-state index contributed by atoms with van der Waals surface area (Å²) in [5, 5.41) is 6.70. The second-order valence-corrected chi connectivity index (χ2v) is 5.81. The SMILES string of the molecule is CCCNc1nc(NC2CC2(C)C)c2[nH]cnc2n1. The van der Waals surface area contributed by atoms with Crippen molar-refractivity contribution in [2.45, 2.75) is 39.7 Å². The summed E-state index contributed by atoms with van der Waals surface area (Å²) in [6.07, 6.45) is 3.87. The molecule has 3 rings (SSSR count). The van der Waals surface area contributed by atoms with Crippen molar-refractivity contribution in [2.24, 2.45) is 5.41 Å². The van der Waals surface area contributed by atoms with Crippen LogP contribution in [0.15, 0.2) is 6.33 Å². The van der Waals surface area contributed by atoms with E-state index in [-0.39, 0.29) is 0 Å². The zero-order chi connectivity index (χ0) is 13.5. The highest BCUT2D eigenvalue weighted by Gasteiger charge is 2.46. The van der Waals surface area contributed by atoms with Gasteiger partial charge in [-0.3, -0.25) is 0 Å². The monoisotopic (exact) mass is 260 g/mol. The molecule has 3 N–H and O–H groups in total. The first-order chi connectivity index (χ1) is 9.10. The summed E-state index contributed by atoms with van der Waals surface area (Å²) in [5.41, 5.74) is 1.94. The van der Waals surface area contributed by atoms with Crippen LogP contribution in [0.5, 0.6) is 0 Å². The third-order valence-electron chi connectivity index (χ3n) is 3.64. The summed E-state index contributed by atoms with van der Waals surface area (Å²) >= 11 is 0. The van der Waals surface area contributed by atoms with Crippen LogP contribution in [0, 0.1) is 5.41 Å². The Morgan fingerprint density at radius 2 is 2.21 bits per heavy atom. The van der Waals surface area contributed by atoms with E-state index in [0.717, 1.165) is 24.3 Å². The van der Waals surface area contributed by atoms with Gasteiger partial charge < -0.3 is 15.6 Å². The number of aromatic nitrogens is 4. The molecule has 1 unspecified atom stereocenters. The summed E-state index contributed by atoms with van der Waals surface area (Å²) < 4.78 is 0. The quantitative estimate of drug-likeness (QED) is 0.769. The van der Waals surface area contributed by atoms with Gasteiger partial charge in [-0.15, -0.1) is 0 Å². The number of anilines is 2. The highest BCUT2D eigenvalue weighted by atomic mass is 15.2. The molecule has 0 bridgehead atoms. The Kier molecular flexibility index (Phi) is 2.80. The van der Waals surface area contributed by atoms with Crippen LogP contribution in [-0.4, -0.2) is 32.5 Å². The Balaban J connectivity index is 1.89. The maximum atomic E-state index is 4.55. The van der Waals surface area contributed by atoms with Crippen LogP contribution in [0.25, 0.3) is 11.2 Å². The van der Waals surface area contributed by atoms with Crippen LogP contribution in [0.3, 0.4) is 0 Å². The van der Waals surface area contributed by atoms with E-state index >= 15 is 0 Å². The number of hydrogen-bond donors (Lipinski definition) is 3. The van der Waals surface area contributed by atoms with E-state index in [2.05, 4.69) is 51.3 Å². The molecule has 0 aromatic carbocycles. The molecule has 102 valence electrons. The molecular weight excluding hydrogens is 240 g/mol. The van der Waals surface area contributed by atoms with Crippen LogP contribution < -0.4 is 10.6 Å². The van der Waals surface area contributed by atoms with Crippen LogP contribution in [0.4, 0.5) is 11.8 Å². The molecule has 19 heavy (non-hydrogen) atoms. The average Bonchev–Trinajstić information content (AvgIpc) is 2.78. The average molecular weight is 260 g/mol. The van der Waals surface area contributed by atoms with E-state index in [1.165, 1.54) is 6.42 Å². The van der Waals surface area contributed by atoms with Crippen LogP contribution >= 0.6 is 0 Å². The van der Waals surface area contributed by atoms with Crippen LogP contribution in [0.1, 0.15) is 33.6 Å². The Bertz CT molecular complexity index is 588. The highest BCUT2D eigenvalue weighted by Crippen LogP contribution is 2.46. The number of rotatable bonds is 5. The third-order valence-corrected chi connectivity index (χ3v) is 3.64. The predicted octanol–water partition coefficient (Wildman–Crippen LogP) is 2.39. The van der Waals surface area contributed by atoms with Crippen molar-refractivity contribution in [3.05, 3.63) is 6.33 Å². The molecule has 6 heteroatoms. The predicted molar refractivity (Wildman–Crippen MR) is 76.3 cm³/mol. The molecule has 1 atom stereocenters.